The minimum Gasteiger partial charge on any atom is -0.383 e. The molecule has 0 amide bonds. The lowest BCUT2D eigenvalue weighted by atomic mass is 10.2. The number of Topliss-reactive ketones (excluding diaryl/α,β-unsaturated/α-hetero) is 1. The smallest absolute Gasteiger partial charge is 0.164 e. The number of aromatic amines is 1. The van der Waals surface area contributed by atoms with Crippen LogP contribution in [0.25, 0.3) is 22.6 Å². The summed E-state index contributed by atoms with van der Waals surface area (Å²) >= 11 is 0. The topological polar surface area (TPSA) is 115 Å². The van der Waals surface area contributed by atoms with E-state index in [1.165, 1.54) is 17.9 Å². The van der Waals surface area contributed by atoms with Gasteiger partial charge in [0.15, 0.2) is 17.3 Å². The van der Waals surface area contributed by atoms with Gasteiger partial charge in [0, 0.05) is 12.4 Å². The number of carbonyl (C=O) groups excluding carboxylic acids is 1. The fourth-order valence-electron chi connectivity index (χ4n) is 1.91. The molecule has 0 aliphatic heterocycles. The van der Waals surface area contributed by atoms with E-state index in [9.17, 15) is 4.79 Å². The lowest BCUT2D eigenvalue weighted by Crippen LogP contribution is -2.08. The Morgan fingerprint density at radius 2 is 2.26 bits per heavy atom. The predicted octanol–water partition coefficient (Wildman–Crippen LogP) is 0.388. The number of H-pyrrole nitrogens is 1. The van der Waals surface area contributed by atoms with E-state index < -0.39 is 0 Å². The molecule has 0 saturated carbocycles. The largest absolute Gasteiger partial charge is 0.383 e. The van der Waals surface area contributed by atoms with Crippen LogP contribution in [0.15, 0.2) is 18.7 Å². The molecule has 3 rings (SSSR count). The summed E-state index contributed by atoms with van der Waals surface area (Å²) < 4.78 is 1.51. The molecule has 3 N–H and O–H groups in total. The highest BCUT2D eigenvalue weighted by atomic mass is 16.1. The van der Waals surface area contributed by atoms with Crippen LogP contribution in [0.5, 0.6) is 0 Å². The van der Waals surface area contributed by atoms with Gasteiger partial charge in [-0.25, -0.2) is 19.6 Å². The molecular weight excluding hydrogens is 246 g/mol. The third kappa shape index (κ3) is 1.82. The number of carbonyl (C=O) groups is 1. The van der Waals surface area contributed by atoms with Crippen LogP contribution in [0.1, 0.15) is 6.92 Å². The van der Waals surface area contributed by atoms with Gasteiger partial charge in [0.1, 0.15) is 24.4 Å². The summed E-state index contributed by atoms with van der Waals surface area (Å²) in [6, 6.07) is 0. The van der Waals surface area contributed by atoms with Crippen molar-refractivity contribution in [3.05, 3.63) is 18.7 Å². The van der Waals surface area contributed by atoms with Crippen molar-refractivity contribution in [2.45, 2.75) is 13.5 Å². The van der Waals surface area contributed by atoms with Crippen LogP contribution in [0.3, 0.4) is 0 Å². The zero-order valence-corrected chi connectivity index (χ0v) is 10.2. The van der Waals surface area contributed by atoms with Crippen LogP contribution < -0.4 is 5.73 Å². The van der Waals surface area contributed by atoms with Crippen molar-refractivity contribution in [1.29, 1.82) is 0 Å². The summed E-state index contributed by atoms with van der Waals surface area (Å²) in [5.41, 5.74) is 6.94. The second-order valence-corrected chi connectivity index (χ2v) is 4.10. The van der Waals surface area contributed by atoms with Gasteiger partial charge in [-0.15, -0.1) is 0 Å². The SMILES string of the molecule is CC(=O)Cn1nc(-c2ncc[nH]2)c2c(N)ncnc21. The first-order valence-electron chi connectivity index (χ1n) is 5.63. The Balaban J connectivity index is 2.30. The van der Waals surface area contributed by atoms with Gasteiger partial charge < -0.3 is 10.7 Å². The van der Waals surface area contributed by atoms with Gasteiger partial charge in [0.05, 0.1) is 5.39 Å². The van der Waals surface area contributed by atoms with Crippen LogP contribution in [0, 0.1) is 0 Å². The zero-order chi connectivity index (χ0) is 13.4. The number of fused-ring (bicyclic) bond motifs is 1. The monoisotopic (exact) mass is 257 g/mol. The number of nitrogens with two attached hydrogens (primary N) is 1. The van der Waals surface area contributed by atoms with Gasteiger partial charge in [-0.1, -0.05) is 0 Å². The molecule has 0 radical (unpaired) electrons. The van der Waals surface area contributed by atoms with Gasteiger partial charge in [0.2, 0.25) is 0 Å². The van der Waals surface area contributed by atoms with E-state index in [1.807, 2.05) is 0 Å². The Bertz CT molecular complexity index is 744. The van der Waals surface area contributed by atoms with E-state index in [0.29, 0.717) is 28.4 Å². The first-order chi connectivity index (χ1) is 9.16. The molecular formula is C11H11N7O. The third-order valence-electron chi connectivity index (χ3n) is 2.65. The molecule has 8 heteroatoms. The van der Waals surface area contributed by atoms with Crippen molar-refractivity contribution in [2.75, 3.05) is 5.73 Å². The van der Waals surface area contributed by atoms with Crippen molar-refractivity contribution in [2.24, 2.45) is 0 Å². The number of aromatic nitrogens is 6. The average molecular weight is 257 g/mol. The molecule has 0 aromatic carbocycles. The van der Waals surface area contributed by atoms with Gasteiger partial charge in [-0.05, 0) is 6.92 Å². The van der Waals surface area contributed by atoms with E-state index in [-0.39, 0.29) is 12.3 Å². The summed E-state index contributed by atoms with van der Waals surface area (Å²) in [4.78, 5) is 26.5. The van der Waals surface area contributed by atoms with Crippen LogP contribution >= 0.6 is 0 Å². The molecule has 0 aliphatic carbocycles. The minimum atomic E-state index is -0.0208. The summed E-state index contributed by atoms with van der Waals surface area (Å²) in [5.74, 6) is 0.854. The summed E-state index contributed by atoms with van der Waals surface area (Å²) in [6.07, 6.45) is 4.65. The van der Waals surface area contributed by atoms with Crippen molar-refractivity contribution in [3.63, 3.8) is 0 Å². The highest BCUT2D eigenvalue weighted by Crippen LogP contribution is 2.27. The van der Waals surface area contributed by atoms with Crippen LogP contribution in [0.4, 0.5) is 5.82 Å². The van der Waals surface area contributed by atoms with E-state index >= 15 is 0 Å². The Morgan fingerprint density at radius 1 is 1.42 bits per heavy atom. The molecule has 3 heterocycles. The maximum Gasteiger partial charge on any atom is 0.164 e. The summed E-state index contributed by atoms with van der Waals surface area (Å²) in [5, 5.41) is 4.95. The predicted molar refractivity (Wildman–Crippen MR) is 68.0 cm³/mol. The molecule has 0 fully saturated rings. The third-order valence-corrected chi connectivity index (χ3v) is 2.65. The second-order valence-electron chi connectivity index (χ2n) is 4.10. The van der Waals surface area contributed by atoms with Gasteiger partial charge >= 0.3 is 0 Å². The van der Waals surface area contributed by atoms with Crippen LogP contribution in [-0.4, -0.2) is 35.5 Å². The van der Waals surface area contributed by atoms with E-state index in [0.717, 1.165) is 0 Å². The first kappa shape index (κ1) is 11.3. The molecule has 0 aliphatic rings. The summed E-state index contributed by atoms with van der Waals surface area (Å²) in [6.45, 7) is 1.62. The van der Waals surface area contributed by atoms with Gasteiger partial charge in [0.25, 0.3) is 0 Å². The number of imidazole rings is 1. The maximum atomic E-state index is 11.3. The average Bonchev–Trinajstić information content (AvgIpc) is 2.97. The lowest BCUT2D eigenvalue weighted by molar-refractivity contribution is -0.117. The van der Waals surface area contributed by atoms with E-state index in [1.54, 1.807) is 12.4 Å². The number of nitrogens with zero attached hydrogens (tertiary/aromatic N) is 5. The molecule has 0 spiro atoms. The van der Waals surface area contributed by atoms with Crippen LogP contribution in [-0.2, 0) is 11.3 Å². The molecule has 0 saturated heterocycles. The highest BCUT2D eigenvalue weighted by molar-refractivity contribution is 5.97. The molecule has 19 heavy (non-hydrogen) atoms. The quantitative estimate of drug-likeness (QED) is 0.701. The standard InChI is InChI=1S/C11H11N7O/c1-6(19)4-18-11-7(9(12)15-5-16-11)8(17-18)10-13-2-3-14-10/h2-3,5H,4H2,1H3,(H,13,14)(H2,12,15,16). The van der Waals surface area contributed by atoms with Gasteiger partial charge in [-0.2, -0.15) is 5.10 Å². The fourth-order valence-corrected chi connectivity index (χ4v) is 1.91. The second kappa shape index (κ2) is 4.16. The van der Waals surface area contributed by atoms with Gasteiger partial charge in [-0.3, -0.25) is 4.79 Å². The van der Waals surface area contributed by atoms with Crippen molar-refractivity contribution < 1.29 is 4.79 Å². The zero-order valence-electron chi connectivity index (χ0n) is 10.2. The number of nitrogen functional groups attached to an aromatic ring is 1. The molecule has 3 aromatic rings. The lowest BCUT2D eigenvalue weighted by Gasteiger charge is -1.98. The number of hydrogen-bond donors (Lipinski definition) is 2. The maximum absolute atomic E-state index is 11.3. The van der Waals surface area contributed by atoms with E-state index in [2.05, 4.69) is 25.0 Å². The minimum absolute atomic E-state index is 0.0208. The van der Waals surface area contributed by atoms with Crippen molar-refractivity contribution in [3.8, 4) is 11.5 Å². The molecule has 96 valence electrons. The summed E-state index contributed by atoms with van der Waals surface area (Å²) in [7, 11) is 0. The Hall–Kier alpha value is -2.77. The number of ketones is 1. The number of rotatable bonds is 3. The Labute approximate surface area is 107 Å². The fraction of sp³-hybridized carbons (Fsp3) is 0.182. The van der Waals surface area contributed by atoms with E-state index in [4.69, 9.17) is 5.73 Å². The van der Waals surface area contributed by atoms with Crippen LogP contribution in [0.2, 0.25) is 0 Å². The first-order valence-corrected chi connectivity index (χ1v) is 5.63. The normalized spacial score (nSPS) is 11.0. The number of anilines is 1. The number of nitrogens with one attached hydrogen (secondary N) is 1. The number of hydrogen-bond acceptors (Lipinski definition) is 6. The van der Waals surface area contributed by atoms with Crippen molar-refractivity contribution >= 4 is 22.6 Å². The Morgan fingerprint density at radius 3 is 2.95 bits per heavy atom. The molecule has 0 bridgehead atoms. The Kier molecular flexibility index (Phi) is 2.48. The molecule has 8 nitrogen and oxygen atoms in total. The highest BCUT2D eigenvalue weighted by Gasteiger charge is 2.18. The molecule has 3 aromatic heterocycles. The van der Waals surface area contributed by atoms with Crippen molar-refractivity contribution in [1.82, 2.24) is 29.7 Å². The molecule has 0 unspecified atom stereocenters. The molecule has 0 atom stereocenters.